The summed E-state index contributed by atoms with van der Waals surface area (Å²) < 4.78 is 41.0. The van der Waals surface area contributed by atoms with Crippen LogP contribution in [0.15, 0.2) is 79.0 Å². The lowest BCUT2D eigenvalue weighted by Gasteiger charge is -2.17. The zero-order valence-corrected chi connectivity index (χ0v) is 19.8. The molecule has 0 radical (unpaired) electrons. The Labute approximate surface area is 202 Å². The first-order valence-electron chi connectivity index (χ1n) is 11.1. The molecule has 9 heteroatoms. The van der Waals surface area contributed by atoms with Crippen LogP contribution in [0.4, 0.5) is 15.8 Å². The largest absolute Gasteiger partial charge is 0.322 e. The molecule has 2 heterocycles. The molecule has 7 nitrogen and oxygen atoms in total. The minimum Gasteiger partial charge on any atom is -0.322 e. The first-order valence-corrected chi connectivity index (χ1v) is 12.8. The van der Waals surface area contributed by atoms with Gasteiger partial charge in [-0.15, -0.1) is 0 Å². The third-order valence-electron chi connectivity index (χ3n) is 5.83. The topological polar surface area (TPSA) is 84.3 Å². The number of carbonyl (C=O) groups excluding carboxylic acids is 1. The van der Waals surface area contributed by atoms with Crippen LogP contribution in [0.5, 0.6) is 0 Å². The highest BCUT2D eigenvalue weighted by Gasteiger charge is 2.28. The van der Waals surface area contributed by atoms with Crippen LogP contribution in [0.25, 0.3) is 16.9 Å². The number of hydrogen-bond donors (Lipinski definition) is 1. The van der Waals surface area contributed by atoms with Gasteiger partial charge >= 0.3 is 0 Å². The quantitative estimate of drug-likeness (QED) is 0.436. The Morgan fingerprint density at radius 1 is 1.00 bits per heavy atom. The Balaban J connectivity index is 1.50. The first-order chi connectivity index (χ1) is 16.8. The fourth-order valence-corrected chi connectivity index (χ4v) is 5.69. The highest BCUT2D eigenvalue weighted by molar-refractivity contribution is 7.93. The second-order valence-corrected chi connectivity index (χ2v) is 10.4. The number of carbonyl (C=O) groups is 1. The van der Waals surface area contributed by atoms with Crippen LogP contribution in [0.2, 0.25) is 0 Å². The van der Waals surface area contributed by atoms with E-state index in [0.717, 1.165) is 11.1 Å². The molecule has 1 aliphatic rings. The predicted octanol–water partition coefficient (Wildman–Crippen LogP) is 4.78. The van der Waals surface area contributed by atoms with Gasteiger partial charge in [0.15, 0.2) is 0 Å². The summed E-state index contributed by atoms with van der Waals surface area (Å²) in [5, 5.41) is 7.50. The molecule has 178 valence electrons. The fourth-order valence-electron chi connectivity index (χ4n) is 4.14. The summed E-state index contributed by atoms with van der Waals surface area (Å²) in [5.74, 6) is -0.639. The van der Waals surface area contributed by atoms with E-state index in [1.54, 1.807) is 47.3 Å². The lowest BCUT2D eigenvalue weighted by Crippen LogP contribution is -2.25. The van der Waals surface area contributed by atoms with Crippen molar-refractivity contribution in [1.82, 2.24) is 9.78 Å². The molecule has 4 aromatic rings. The molecule has 0 aliphatic carbocycles. The van der Waals surface area contributed by atoms with Gasteiger partial charge in [-0.05, 0) is 61.9 Å². The van der Waals surface area contributed by atoms with Crippen molar-refractivity contribution in [1.29, 1.82) is 0 Å². The molecule has 35 heavy (non-hydrogen) atoms. The number of aromatic nitrogens is 2. The summed E-state index contributed by atoms with van der Waals surface area (Å²) in [6, 6.07) is 20.3. The Morgan fingerprint density at radius 3 is 2.49 bits per heavy atom. The van der Waals surface area contributed by atoms with Gasteiger partial charge in [-0.3, -0.25) is 9.10 Å². The van der Waals surface area contributed by atoms with Crippen molar-refractivity contribution >= 4 is 27.3 Å². The average molecular weight is 491 g/mol. The SMILES string of the molecule is Cc1cccc(-c2nn(-c3ccc(F)cc3)cc2C(=O)Nc2cccc(N3CCCS3(=O)=O)c2)c1. The van der Waals surface area contributed by atoms with Crippen molar-refractivity contribution in [3.05, 3.63) is 95.9 Å². The van der Waals surface area contributed by atoms with Crippen LogP contribution in [0, 0.1) is 12.7 Å². The van der Waals surface area contributed by atoms with Crippen LogP contribution in [0.3, 0.4) is 0 Å². The van der Waals surface area contributed by atoms with E-state index in [4.69, 9.17) is 0 Å². The molecule has 3 aromatic carbocycles. The highest BCUT2D eigenvalue weighted by atomic mass is 32.2. The van der Waals surface area contributed by atoms with Crippen molar-refractivity contribution in [3.63, 3.8) is 0 Å². The van der Waals surface area contributed by atoms with Gasteiger partial charge in [-0.1, -0.05) is 29.8 Å². The van der Waals surface area contributed by atoms with E-state index >= 15 is 0 Å². The van der Waals surface area contributed by atoms with Gasteiger partial charge < -0.3 is 5.32 Å². The second-order valence-electron chi connectivity index (χ2n) is 8.43. The molecule has 0 atom stereocenters. The number of hydrogen-bond acceptors (Lipinski definition) is 4. The van der Waals surface area contributed by atoms with Crippen LogP contribution >= 0.6 is 0 Å². The van der Waals surface area contributed by atoms with Crippen LogP contribution in [-0.2, 0) is 10.0 Å². The van der Waals surface area contributed by atoms with Gasteiger partial charge in [0, 0.05) is 24.0 Å². The number of nitrogens with one attached hydrogen (secondary N) is 1. The molecule has 1 aromatic heterocycles. The third-order valence-corrected chi connectivity index (χ3v) is 7.70. The molecule has 5 rings (SSSR count). The summed E-state index contributed by atoms with van der Waals surface area (Å²) in [4.78, 5) is 13.4. The molecule has 0 unspecified atom stereocenters. The van der Waals surface area contributed by atoms with E-state index in [9.17, 15) is 17.6 Å². The fraction of sp³-hybridized carbons (Fsp3) is 0.154. The number of halogens is 1. The minimum atomic E-state index is -3.33. The highest BCUT2D eigenvalue weighted by Crippen LogP contribution is 2.28. The zero-order valence-electron chi connectivity index (χ0n) is 19.0. The van der Waals surface area contributed by atoms with Crippen molar-refractivity contribution in [2.24, 2.45) is 0 Å². The van der Waals surface area contributed by atoms with E-state index in [0.29, 0.717) is 41.3 Å². The van der Waals surface area contributed by atoms with E-state index in [2.05, 4.69) is 10.4 Å². The summed E-state index contributed by atoms with van der Waals surface area (Å²) in [7, 11) is -3.33. The van der Waals surface area contributed by atoms with Crippen LogP contribution in [0.1, 0.15) is 22.3 Å². The second kappa shape index (κ2) is 8.99. The van der Waals surface area contributed by atoms with Gasteiger partial charge in [-0.2, -0.15) is 5.10 Å². The Morgan fingerprint density at radius 2 is 1.77 bits per heavy atom. The Hall–Kier alpha value is -3.98. The summed E-state index contributed by atoms with van der Waals surface area (Å²) in [5.41, 5.74) is 4.20. The molecule has 1 saturated heterocycles. The van der Waals surface area contributed by atoms with Crippen molar-refractivity contribution < 1.29 is 17.6 Å². The zero-order chi connectivity index (χ0) is 24.6. The Kier molecular flexibility index (Phi) is 5.86. The number of benzene rings is 3. The monoisotopic (exact) mass is 490 g/mol. The number of nitrogens with zero attached hydrogens (tertiary/aromatic N) is 3. The number of anilines is 2. The molecule has 0 spiro atoms. The first kappa shape index (κ1) is 22.8. The van der Waals surface area contributed by atoms with Gasteiger partial charge in [0.1, 0.15) is 11.5 Å². The summed E-state index contributed by atoms with van der Waals surface area (Å²) >= 11 is 0. The lowest BCUT2D eigenvalue weighted by molar-refractivity contribution is 0.102. The molecule has 1 amide bonds. The van der Waals surface area contributed by atoms with Crippen molar-refractivity contribution in [2.45, 2.75) is 13.3 Å². The Bertz CT molecular complexity index is 1510. The lowest BCUT2D eigenvalue weighted by atomic mass is 10.1. The van der Waals surface area contributed by atoms with Gasteiger partial charge in [-0.25, -0.2) is 17.5 Å². The average Bonchev–Trinajstić information content (AvgIpc) is 3.43. The molecule has 1 fully saturated rings. The van der Waals surface area contributed by atoms with Gasteiger partial charge in [0.25, 0.3) is 5.91 Å². The number of aryl methyl sites for hydroxylation is 1. The molecular formula is C26H23FN4O3S. The van der Waals surface area contributed by atoms with Gasteiger partial charge in [0.05, 0.1) is 22.7 Å². The van der Waals surface area contributed by atoms with Gasteiger partial charge in [0.2, 0.25) is 10.0 Å². The number of sulfonamides is 1. The molecule has 0 bridgehead atoms. The smallest absolute Gasteiger partial charge is 0.259 e. The van der Waals surface area contributed by atoms with E-state index in [1.807, 2.05) is 31.2 Å². The molecule has 1 N–H and O–H groups in total. The maximum absolute atomic E-state index is 13.4. The van der Waals surface area contributed by atoms with Crippen LogP contribution < -0.4 is 9.62 Å². The maximum atomic E-state index is 13.4. The normalized spacial score (nSPS) is 14.7. The number of rotatable bonds is 5. The van der Waals surface area contributed by atoms with E-state index < -0.39 is 15.9 Å². The number of amides is 1. The maximum Gasteiger partial charge on any atom is 0.259 e. The third kappa shape index (κ3) is 4.67. The summed E-state index contributed by atoms with van der Waals surface area (Å²) in [6.45, 7) is 2.37. The standard InChI is InChI=1S/C26H23FN4O3S/c1-18-5-2-6-19(15-18)25-24(17-30(29-25)22-11-9-20(27)10-12-22)26(32)28-21-7-3-8-23(16-21)31-13-4-14-35(31,33)34/h2-3,5-12,15-17H,4,13-14H2,1H3,(H,28,32). The van der Waals surface area contributed by atoms with Crippen molar-refractivity contribution in [2.75, 3.05) is 21.9 Å². The molecule has 0 saturated carbocycles. The minimum absolute atomic E-state index is 0.117. The van der Waals surface area contributed by atoms with Crippen molar-refractivity contribution in [3.8, 4) is 16.9 Å². The molecular weight excluding hydrogens is 467 g/mol. The summed E-state index contributed by atoms with van der Waals surface area (Å²) in [6.07, 6.45) is 2.18. The van der Waals surface area contributed by atoms with E-state index in [1.165, 1.54) is 16.4 Å². The van der Waals surface area contributed by atoms with E-state index in [-0.39, 0.29) is 11.6 Å². The predicted molar refractivity (Wildman–Crippen MR) is 134 cm³/mol. The molecule has 1 aliphatic heterocycles. The van der Waals surface area contributed by atoms with Crippen LogP contribution in [-0.4, -0.2) is 36.4 Å².